The van der Waals surface area contributed by atoms with E-state index in [0.29, 0.717) is 0 Å². The molecular formula is C35H43NO4S. The predicted molar refractivity (Wildman–Crippen MR) is 169 cm³/mol. The van der Waals surface area contributed by atoms with Crippen LogP contribution in [0.3, 0.4) is 0 Å². The highest BCUT2D eigenvalue weighted by molar-refractivity contribution is 8.00. The third-order valence-corrected chi connectivity index (χ3v) is 7.60. The molecule has 218 valence electrons. The number of esters is 1. The maximum Gasteiger partial charge on any atom is 0.408 e. The summed E-state index contributed by atoms with van der Waals surface area (Å²) in [7, 11) is 0. The van der Waals surface area contributed by atoms with Gasteiger partial charge in [-0.2, -0.15) is 0 Å². The first-order chi connectivity index (χ1) is 19.4. The SMILES string of the molecule is CC(C)(C)OC(=O)C[C@@H](/C=C/CCSC(c1ccccc1)(c1ccccc1)c1ccccc1)NC(=O)OC(C)(C)C. The van der Waals surface area contributed by atoms with Gasteiger partial charge >= 0.3 is 12.1 Å². The third-order valence-electron chi connectivity index (χ3n) is 6.02. The Morgan fingerprint density at radius 3 is 1.59 bits per heavy atom. The van der Waals surface area contributed by atoms with E-state index < -0.39 is 28.1 Å². The minimum atomic E-state index is -0.642. The Balaban J connectivity index is 1.82. The van der Waals surface area contributed by atoms with Gasteiger partial charge in [0.2, 0.25) is 0 Å². The molecule has 0 spiro atoms. The average Bonchev–Trinajstić information content (AvgIpc) is 2.90. The third kappa shape index (κ3) is 10.1. The molecule has 6 heteroatoms. The predicted octanol–water partition coefficient (Wildman–Crippen LogP) is 8.28. The number of allylic oxidation sites excluding steroid dienone is 1. The second-order valence-corrected chi connectivity index (χ2v) is 13.2. The number of benzene rings is 3. The van der Waals surface area contributed by atoms with Gasteiger partial charge in [0.25, 0.3) is 0 Å². The molecule has 0 radical (unpaired) electrons. The number of nitrogens with one attached hydrogen (secondary N) is 1. The van der Waals surface area contributed by atoms with Gasteiger partial charge in [-0.3, -0.25) is 4.79 Å². The minimum absolute atomic E-state index is 0.0160. The van der Waals surface area contributed by atoms with Crippen LogP contribution >= 0.6 is 11.8 Å². The van der Waals surface area contributed by atoms with Crippen molar-refractivity contribution in [2.45, 2.75) is 76.4 Å². The van der Waals surface area contributed by atoms with E-state index in [2.05, 4.69) is 78.1 Å². The Bertz CT molecular complexity index is 1140. The monoisotopic (exact) mass is 573 g/mol. The van der Waals surface area contributed by atoms with E-state index in [1.165, 1.54) is 16.7 Å². The summed E-state index contributed by atoms with van der Waals surface area (Å²) in [4.78, 5) is 25.1. The van der Waals surface area contributed by atoms with Crippen molar-refractivity contribution in [2.24, 2.45) is 0 Å². The normalized spacial score (nSPS) is 13.0. The number of amides is 1. The van der Waals surface area contributed by atoms with Crippen LogP contribution in [0.1, 0.15) is 71.1 Å². The maximum absolute atomic E-state index is 12.6. The zero-order chi connectivity index (χ0) is 29.9. The smallest absolute Gasteiger partial charge is 0.408 e. The molecule has 0 aliphatic heterocycles. The first-order valence-corrected chi connectivity index (χ1v) is 15.1. The minimum Gasteiger partial charge on any atom is -0.460 e. The second kappa shape index (κ2) is 14.4. The fourth-order valence-electron chi connectivity index (χ4n) is 4.50. The first-order valence-electron chi connectivity index (χ1n) is 14.1. The van der Waals surface area contributed by atoms with Crippen molar-refractivity contribution in [1.29, 1.82) is 0 Å². The average molecular weight is 574 g/mol. The molecule has 0 fully saturated rings. The van der Waals surface area contributed by atoms with Crippen LogP contribution in [0, 0.1) is 0 Å². The maximum atomic E-state index is 12.6. The lowest BCUT2D eigenvalue weighted by Crippen LogP contribution is -2.40. The van der Waals surface area contributed by atoms with Gasteiger partial charge < -0.3 is 14.8 Å². The molecule has 0 aliphatic rings. The van der Waals surface area contributed by atoms with Crippen LogP contribution in [0.4, 0.5) is 4.79 Å². The number of carbonyl (C=O) groups excluding carboxylic acids is 2. The molecule has 5 nitrogen and oxygen atoms in total. The summed E-state index contributed by atoms with van der Waals surface area (Å²) in [5, 5.41) is 2.82. The summed E-state index contributed by atoms with van der Waals surface area (Å²) < 4.78 is 10.5. The van der Waals surface area contributed by atoms with Gasteiger partial charge in [0, 0.05) is 0 Å². The summed E-state index contributed by atoms with van der Waals surface area (Å²) >= 11 is 1.87. The molecule has 0 aromatic heterocycles. The van der Waals surface area contributed by atoms with Crippen molar-refractivity contribution >= 4 is 23.8 Å². The topological polar surface area (TPSA) is 64.6 Å². The number of ether oxygens (including phenoxy) is 2. The molecule has 0 saturated carbocycles. The van der Waals surface area contributed by atoms with Crippen molar-refractivity contribution in [3.05, 3.63) is 120 Å². The molecule has 1 N–H and O–H groups in total. The van der Waals surface area contributed by atoms with E-state index in [1.807, 2.05) is 62.9 Å². The largest absolute Gasteiger partial charge is 0.460 e. The van der Waals surface area contributed by atoms with E-state index in [0.717, 1.165) is 12.2 Å². The van der Waals surface area contributed by atoms with Gasteiger partial charge in [0.15, 0.2) is 0 Å². The van der Waals surface area contributed by atoms with Gasteiger partial charge in [-0.05, 0) is 70.4 Å². The number of carbonyl (C=O) groups is 2. The van der Waals surface area contributed by atoms with Crippen molar-refractivity contribution in [3.8, 4) is 0 Å². The van der Waals surface area contributed by atoms with E-state index >= 15 is 0 Å². The van der Waals surface area contributed by atoms with Crippen LogP contribution in [0.25, 0.3) is 0 Å². The fraction of sp³-hybridized carbons (Fsp3) is 0.371. The summed E-state index contributed by atoms with van der Waals surface area (Å²) in [6.45, 7) is 10.9. The lowest BCUT2D eigenvalue weighted by molar-refractivity contribution is -0.155. The Morgan fingerprint density at radius 2 is 1.17 bits per heavy atom. The molecule has 0 heterocycles. The van der Waals surface area contributed by atoms with Crippen LogP contribution in [0.2, 0.25) is 0 Å². The molecule has 0 aliphatic carbocycles. The summed E-state index contributed by atoms with van der Waals surface area (Å²) in [5.74, 6) is 0.426. The molecule has 0 unspecified atom stereocenters. The van der Waals surface area contributed by atoms with E-state index in [-0.39, 0.29) is 12.4 Å². The van der Waals surface area contributed by atoms with Crippen LogP contribution in [-0.4, -0.2) is 35.1 Å². The van der Waals surface area contributed by atoms with Crippen molar-refractivity contribution in [3.63, 3.8) is 0 Å². The van der Waals surface area contributed by atoms with E-state index in [1.54, 1.807) is 20.8 Å². The zero-order valence-electron chi connectivity index (χ0n) is 25.1. The lowest BCUT2D eigenvalue weighted by Gasteiger charge is -2.35. The molecular weight excluding hydrogens is 530 g/mol. The molecule has 0 saturated heterocycles. The number of hydrogen-bond acceptors (Lipinski definition) is 5. The van der Waals surface area contributed by atoms with Crippen LogP contribution < -0.4 is 5.32 Å². The van der Waals surface area contributed by atoms with E-state index in [9.17, 15) is 9.59 Å². The molecule has 1 atom stereocenters. The van der Waals surface area contributed by atoms with Crippen molar-refractivity contribution < 1.29 is 19.1 Å². The Labute approximate surface area is 249 Å². The Hall–Kier alpha value is -3.51. The zero-order valence-corrected chi connectivity index (χ0v) is 25.9. The fourth-order valence-corrected chi connectivity index (χ4v) is 5.97. The molecule has 3 aromatic carbocycles. The van der Waals surface area contributed by atoms with Crippen molar-refractivity contribution in [2.75, 3.05) is 5.75 Å². The molecule has 1 amide bonds. The Morgan fingerprint density at radius 1 is 0.732 bits per heavy atom. The molecule has 3 aromatic rings. The second-order valence-electron chi connectivity index (χ2n) is 11.9. The van der Waals surface area contributed by atoms with Crippen LogP contribution in [0.5, 0.6) is 0 Å². The van der Waals surface area contributed by atoms with E-state index in [4.69, 9.17) is 9.47 Å². The number of alkyl carbamates (subject to hydrolysis) is 1. The molecule has 41 heavy (non-hydrogen) atoms. The Kier molecular flexibility index (Phi) is 11.2. The number of hydrogen-bond donors (Lipinski definition) is 1. The van der Waals surface area contributed by atoms with Gasteiger partial charge in [-0.1, -0.05) is 103 Å². The van der Waals surface area contributed by atoms with Gasteiger partial charge in [0.1, 0.15) is 11.2 Å². The highest BCUT2D eigenvalue weighted by Gasteiger charge is 2.36. The van der Waals surface area contributed by atoms with Gasteiger partial charge in [0.05, 0.1) is 17.2 Å². The molecule has 0 bridgehead atoms. The number of thioether (sulfide) groups is 1. The summed E-state index contributed by atoms with van der Waals surface area (Å²) in [6.07, 6.45) is 4.07. The highest BCUT2D eigenvalue weighted by Crippen LogP contribution is 2.48. The van der Waals surface area contributed by atoms with Gasteiger partial charge in [-0.25, -0.2) is 4.79 Å². The van der Waals surface area contributed by atoms with Crippen molar-refractivity contribution in [1.82, 2.24) is 5.32 Å². The quantitative estimate of drug-likeness (QED) is 0.108. The first kappa shape index (κ1) is 32.0. The standard InChI is InChI=1S/C35H43NO4S/c1-33(2,3)39-31(37)26-30(36-32(38)40-34(4,5)6)24-16-17-25-41-35(27-18-10-7-11-19-27,28-20-12-8-13-21-28)29-22-14-9-15-23-29/h7-16,18-24,30H,17,25-26H2,1-6H3,(H,36,38)/b24-16+/t30-/m1/s1. The van der Waals surface area contributed by atoms with Gasteiger partial charge in [-0.15, -0.1) is 11.8 Å². The highest BCUT2D eigenvalue weighted by atomic mass is 32.2. The summed E-state index contributed by atoms with van der Waals surface area (Å²) in [6, 6.07) is 31.2. The summed E-state index contributed by atoms with van der Waals surface area (Å²) in [5.41, 5.74) is 2.38. The lowest BCUT2D eigenvalue weighted by atomic mass is 9.84. The number of rotatable bonds is 11. The van der Waals surface area contributed by atoms with Crippen LogP contribution in [-0.2, 0) is 19.0 Å². The molecule has 3 rings (SSSR count). The van der Waals surface area contributed by atoms with Crippen LogP contribution in [0.15, 0.2) is 103 Å².